The van der Waals surface area contributed by atoms with Crippen molar-refractivity contribution in [1.82, 2.24) is 0 Å². The van der Waals surface area contributed by atoms with Gasteiger partial charge in [-0.15, -0.1) is 0 Å². The van der Waals surface area contributed by atoms with Gasteiger partial charge in [-0.1, -0.05) is 86.0 Å². The molecule has 0 spiro atoms. The summed E-state index contributed by atoms with van der Waals surface area (Å²) in [5.74, 6) is -1.11. The van der Waals surface area contributed by atoms with Gasteiger partial charge in [0.1, 0.15) is 19.3 Å². The molecule has 0 heterocycles. The summed E-state index contributed by atoms with van der Waals surface area (Å²) in [4.78, 5) is 37.8. The normalized spacial score (nSPS) is 10.8. The van der Waals surface area contributed by atoms with Crippen LogP contribution in [0.4, 0.5) is 0 Å². The van der Waals surface area contributed by atoms with Gasteiger partial charge in [0.2, 0.25) is 0 Å². The molecule has 208 valence electrons. The van der Waals surface area contributed by atoms with Crippen molar-refractivity contribution in [1.29, 1.82) is 0 Å². The maximum absolute atomic E-state index is 14.1. The molecule has 0 unspecified atom stereocenters. The first-order valence-corrected chi connectivity index (χ1v) is 14.2. The summed E-state index contributed by atoms with van der Waals surface area (Å²) in [5.41, 5.74) is 3.85. The number of benzene rings is 3. The van der Waals surface area contributed by atoms with Gasteiger partial charge in [-0.25, -0.2) is 9.59 Å². The lowest BCUT2D eigenvalue weighted by Crippen LogP contribution is -2.29. The Labute approximate surface area is 237 Å². The van der Waals surface area contributed by atoms with Crippen LogP contribution >= 0.6 is 7.92 Å². The summed E-state index contributed by atoms with van der Waals surface area (Å²) in [6, 6.07) is 23.6. The number of esters is 2. The maximum Gasteiger partial charge on any atom is 0.333 e. The summed E-state index contributed by atoms with van der Waals surface area (Å²) in [6.45, 7) is 14.1. The molecule has 0 atom stereocenters. The zero-order chi connectivity index (χ0) is 29.2. The lowest BCUT2D eigenvalue weighted by atomic mass is 10.0. The average molecular weight is 559 g/mol. The molecule has 3 rings (SSSR count). The van der Waals surface area contributed by atoms with Crippen LogP contribution < -0.4 is 10.6 Å². The standard InChI is InChI=1S/C33H35O6P/c1-22(2)31(34)38-20-27(21-39-32(35)23(3)4)37-19-26-17-24(5)30(25(6)18-26)33(36)40(28-13-9-7-10-14-28)29-15-11-8-12-16-29/h7-18,27H,1,3,19-21H2,2,4-6H3. The van der Waals surface area contributed by atoms with Crippen molar-refractivity contribution in [3.8, 4) is 0 Å². The first kappa shape index (κ1) is 30.7. The Balaban J connectivity index is 1.81. The summed E-state index contributed by atoms with van der Waals surface area (Å²) in [7, 11) is -1.26. The minimum Gasteiger partial charge on any atom is -0.459 e. The molecule has 40 heavy (non-hydrogen) atoms. The SMILES string of the molecule is C=C(C)C(=O)OCC(COC(=O)C(=C)C)OCc1cc(C)c(C(=O)P(c2ccccc2)c2ccccc2)c(C)c1. The Morgan fingerprint density at radius 2 is 1.18 bits per heavy atom. The molecular weight excluding hydrogens is 523 g/mol. The zero-order valence-corrected chi connectivity index (χ0v) is 24.3. The van der Waals surface area contributed by atoms with Crippen molar-refractivity contribution in [3.63, 3.8) is 0 Å². The number of aryl methyl sites for hydroxylation is 2. The molecule has 0 saturated heterocycles. The number of hydrogen-bond acceptors (Lipinski definition) is 6. The number of ether oxygens (including phenoxy) is 3. The van der Waals surface area contributed by atoms with Crippen molar-refractivity contribution in [2.24, 2.45) is 0 Å². The van der Waals surface area contributed by atoms with E-state index < -0.39 is 26.0 Å². The highest BCUT2D eigenvalue weighted by atomic mass is 31.1. The smallest absolute Gasteiger partial charge is 0.333 e. The van der Waals surface area contributed by atoms with Crippen LogP contribution in [0, 0.1) is 13.8 Å². The number of carbonyl (C=O) groups excluding carboxylic acids is 3. The van der Waals surface area contributed by atoms with Gasteiger partial charge in [0.15, 0.2) is 5.52 Å². The van der Waals surface area contributed by atoms with E-state index in [9.17, 15) is 14.4 Å². The minimum absolute atomic E-state index is 0.0890. The van der Waals surface area contributed by atoms with Gasteiger partial charge in [0, 0.05) is 24.6 Å². The van der Waals surface area contributed by atoms with E-state index in [1.54, 1.807) is 13.8 Å². The van der Waals surface area contributed by atoms with Crippen molar-refractivity contribution >= 4 is 36.0 Å². The van der Waals surface area contributed by atoms with E-state index in [4.69, 9.17) is 14.2 Å². The van der Waals surface area contributed by atoms with Gasteiger partial charge >= 0.3 is 11.9 Å². The van der Waals surface area contributed by atoms with Gasteiger partial charge in [-0.2, -0.15) is 0 Å². The van der Waals surface area contributed by atoms with E-state index in [1.807, 2.05) is 86.6 Å². The van der Waals surface area contributed by atoms with Gasteiger partial charge in [0.05, 0.1) is 6.61 Å². The molecule has 3 aromatic carbocycles. The van der Waals surface area contributed by atoms with Crippen molar-refractivity contribution < 1.29 is 28.6 Å². The summed E-state index contributed by atoms with van der Waals surface area (Å²) >= 11 is 0. The van der Waals surface area contributed by atoms with Crippen molar-refractivity contribution in [3.05, 3.63) is 119 Å². The third-order valence-corrected chi connectivity index (χ3v) is 8.28. The topological polar surface area (TPSA) is 78.9 Å². The van der Waals surface area contributed by atoms with Crippen LogP contribution in [0.25, 0.3) is 0 Å². The Hall–Kier alpha value is -3.86. The van der Waals surface area contributed by atoms with Crippen molar-refractivity contribution in [2.45, 2.75) is 40.4 Å². The molecule has 7 heteroatoms. The lowest BCUT2D eigenvalue weighted by molar-refractivity contribution is -0.151. The largest absolute Gasteiger partial charge is 0.459 e. The molecule has 0 amide bonds. The van der Waals surface area contributed by atoms with Gasteiger partial charge < -0.3 is 14.2 Å². The molecular formula is C33H35O6P. The molecule has 0 radical (unpaired) electrons. The van der Waals surface area contributed by atoms with E-state index >= 15 is 0 Å². The van der Waals surface area contributed by atoms with Crippen LogP contribution in [-0.4, -0.2) is 36.8 Å². The molecule has 0 saturated carbocycles. The second-order valence-electron chi connectivity index (χ2n) is 9.61. The highest BCUT2D eigenvalue weighted by molar-refractivity contribution is 7.88. The second-order valence-corrected chi connectivity index (χ2v) is 11.7. The third-order valence-electron chi connectivity index (χ3n) is 6.02. The van der Waals surface area contributed by atoms with E-state index in [0.29, 0.717) is 5.56 Å². The highest BCUT2D eigenvalue weighted by Gasteiger charge is 2.26. The van der Waals surface area contributed by atoms with E-state index in [2.05, 4.69) is 13.2 Å². The van der Waals surface area contributed by atoms with E-state index in [-0.39, 0.29) is 36.5 Å². The van der Waals surface area contributed by atoms with Gasteiger partial charge in [-0.05, 0) is 55.0 Å². The number of carbonyl (C=O) groups is 3. The highest BCUT2D eigenvalue weighted by Crippen LogP contribution is 2.39. The fraction of sp³-hybridized carbons (Fsp3) is 0.242. The van der Waals surface area contributed by atoms with Crippen LogP contribution in [0.5, 0.6) is 0 Å². The molecule has 0 bridgehead atoms. The predicted octanol–water partition coefficient (Wildman–Crippen LogP) is 5.70. The minimum atomic E-state index is -1.26. The number of rotatable bonds is 13. The third kappa shape index (κ3) is 8.32. The van der Waals surface area contributed by atoms with Gasteiger partial charge in [0.25, 0.3) is 0 Å². The number of hydrogen-bond donors (Lipinski definition) is 0. The molecule has 0 aliphatic rings. The Morgan fingerprint density at radius 1 is 0.750 bits per heavy atom. The van der Waals surface area contributed by atoms with Gasteiger partial charge in [-0.3, -0.25) is 4.79 Å². The first-order valence-electron chi connectivity index (χ1n) is 12.9. The average Bonchev–Trinajstić information content (AvgIpc) is 2.93. The van der Waals surface area contributed by atoms with Crippen LogP contribution in [0.15, 0.2) is 97.1 Å². The predicted molar refractivity (Wildman–Crippen MR) is 159 cm³/mol. The van der Waals surface area contributed by atoms with Crippen LogP contribution in [0.1, 0.15) is 40.9 Å². The molecule has 6 nitrogen and oxygen atoms in total. The molecule has 3 aromatic rings. The van der Waals surface area contributed by atoms with Crippen molar-refractivity contribution in [2.75, 3.05) is 13.2 Å². The zero-order valence-electron chi connectivity index (χ0n) is 23.4. The summed E-state index contributed by atoms with van der Waals surface area (Å²) in [5, 5.41) is 1.99. The monoisotopic (exact) mass is 558 g/mol. The molecule has 0 N–H and O–H groups in total. The van der Waals surface area contributed by atoms with Crippen LogP contribution in [-0.2, 0) is 30.4 Å². The summed E-state index contributed by atoms with van der Waals surface area (Å²) < 4.78 is 16.5. The molecule has 0 aliphatic heterocycles. The fourth-order valence-corrected chi connectivity index (χ4v) is 6.35. The maximum atomic E-state index is 14.1. The van der Waals surface area contributed by atoms with E-state index in [1.165, 1.54) is 0 Å². The fourth-order valence-electron chi connectivity index (χ4n) is 4.07. The summed E-state index contributed by atoms with van der Waals surface area (Å²) in [6.07, 6.45) is -0.697. The van der Waals surface area contributed by atoms with Crippen LogP contribution in [0.3, 0.4) is 0 Å². The Kier molecular flexibility index (Phi) is 11.1. The molecule has 0 aromatic heterocycles. The Bertz CT molecular complexity index is 1290. The Morgan fingerprint density at radius 3 is 1.57 bits per heavy atom. The quantitative estimate of drug-likeness (QED) is 0.152. The molecule has 0 fully saturated rings. The second kappa shape index (κ2) is 14.5. The molecule has 0 aliphatic carbocycles. The lowest BCUT2D eigenvalue weighted by Gasteiger charge is -2.21. The van der Waals surface area contributed by atoms with Crippen LogP contribution in [0.2, 0.25) is 0 Å². The first-order chi connectivity index (χ1) is 19.1. The van der Waals surface area contributed by atoms with E-state index in [0.717, 1.165) is 27.3 Å².